The van der Waals surface area contributed by atoms with E-state index in [1.807, 2.05) is 0 Å². The number of nitrogens with zero attached hydrogens (tertiary/aromatic N) is 1. The van der Waals surface area contributed by atoms with Gasteiger partial charge in [0, 0.05) is 10.6 Å². The number of carbonyl (C=O) groups is 1. The Labute approximate surface area is 127 Å². The summed E-state index contributed by atoms with van der Waals surface area (Å²) in [5.74, 6) is -0.416. The summed E-state index contributed by atoms with van der Waals surface area (Å²) in [7, 11) is 0. The molecule has 0 spiro atoms. The molecule has 0 aromatic heterocycles. The van der Waals surface area contributed by atoms with Crippen LogP contribution in [0.2, 0.25) is 5.02 Å². The van der Waals surface area contributed by atoms with Crippen molar-refractivity contribution in [2.75, 3.05) is 5.73 Å². The first kappa shape index (κ1) is 14.5. The van der Waals surface area contributed by atoms with Crippen LogP contribution in [0.5, 0.6) is 0 Å². The summed E-state index contributed by atoms with van der Waals surface area (Å²) >= 11 is 8.87. The highest BCUT2D eigenvalue weighted by atomic mass is 79.9. The predicted octanol–water partition coefficient (Wildman–Crippen LogP) is 3.82. The molecule has 0 atom stereocenters. The van der Waals surface area contributed by atoms with E-state index >= 15 is 0 Å². The summed E-state index contributed by atoms with van der Waals surface area (Å²) in [6.07, 6.45) is 0. The molecule has 0 fully saturated rings. The molecular formula is C13H8BrClN2O3. The van der Waals surface area contributed by atoms with Crippen LogP contribution in [0.3, 0.4) is 0 Å². The fraction of sp³-hybridized carbons (Fsp3) is 0. The second kappa shape index (κ2) is 5.60. The number of nitrogen functional groups attached to an aromatic ring is 1. The minimum atomic E-state index is -0.631. The van der Waals surface area contributed by atoms with Gasteiger partial charge in [0.15, 0.2) is 5.78 Å². The van der Waals surface area contributed by atoms with E-state index in [1.165, 1.54) is 18.2 Å². The number of hydrogen-bond donors (Lipinski definition) is 1. The van der Waals surface area contributed by atoms with Crippen molar-refractivity contribution >= 4 is 44.7 Å². The van der Waals surface area contributed by atoms with Crippen molar-refractivity contribution in [1.82, 2.24) is 0 Å². The Hall–Kier alpha value is -1.92. The van der Waals surface area contributed by atoms with Gasteiger partial charge in [-0.15, -0.1) is 0 Å². The van der Waals surface area contributed by atoms with E-state index in [9.17, 15) is 14.9 Å². The number of nitro groups is 1. The Kier molecular flexibility index (Phi) is 4.06. The monoisotopic (exact) mass is 354 g/mol. The average Bonchev–Trinajstić information content (AvgIpc) is 2.37. The molecule has 2 aromatic rings. The molecule has 7 heteroatoms. The molecule has 0 bridgehead atoms. The molecule has 2 rings (SSSR count). The van der Waals surface area contributed by atoms with Crippen molar-refractivity contribution in [3.05, 3.63) is 67.1 Å². The Morgan fingerprint density at radius 2 is 2.00 bits per heavy atom. The molecule has 102 valence electrons. The molecule has 0 heterocycles. The van der Waals surface area contributed by atoms with Gasteiger partial charge in [-0.2, -0.15) is 0 Å². The quantitative estimate of drug-likeness (QED) is 0.392. The Morgan fingerprint density at radius 1 is 1.30 bits per heavy atom. The van der Waals surface area contributed by atoms with Crippen LogP contribution in [0, 0.1) is 10.1 Å². The van der Waals surface area contributed by atoms with Gasteiger partial charge in [-0.25, -0.2) is 0 Å². The number of nitro benzene ring substituents is 1. The molecule has 0 aliphatic heterocycles. The smallest absolute Gasteiger partial charge is 0.306 e. The number of hydrogen-bond acceptors (Lipinski definition) is 4. The number of anilines is 1. The molecule has 5 nitrogen and oxygen atoms in total. The summed E-state index contributed by atoms with van der Waals surface area (Å²) in [6.45, 7) is 0. The number of halogens is 2. The predicted molar refractivity (Wildman–Crippen MR) is 80.1 cm³/mol. The Balaban J connectivity index is 2.56. The minimum Gasteiger partial charge on any atom is -0.393 e. The van der Waals surface area contributed by atoms with Crippen molar-refractivity contribution in [3.63, 3.8) is 0 Å². The van der Waals surface area contributed by atoms with E-state index < -0.39 is 10.7 Å². The van der Waals surface area contributed by atoms with Crippen LogP contribution < -0.4 is 5.73 Å². The second-order valence-electron chi connectivity index (χ2n) is 3.95. The molecule has 0 aliphatic carbocycles. The highest BCUT2D eigenvalue weighted by molar-refractivity contribution is 9.10. The topological polar surface area (TPSA) is 86.2 Å². The van der Waals surface area contributed by atoms with E-state index in [1.54, 1.807) is 18.2 Å². The van der Waals surface area contributed by atoms with Crippen molar-refractivity contribution in [2.24, 2.45) is 0 Å². The first-order chi connectivity index (χ1) is 9.41. The van der Waals surface area contributed by atoms with Gasteiger partial charge in [-0.05, 0) is 40.2 Å². The van der Waals surface area contributed by atoms with Crippen LogP contribution in [0.15, 0.2) is 40.9 Å². The van der Waals surface area contributed by atoms with Crippen molar-refractivity contribution in [2.45, 2.75) is 0 Å². The number of carbonyl (C=O) groups excluding carboxylic acids is 1. The molecule has 0 radical (unpaired) electrons. The lowest BCUT2D eigenvalue weighted by molar-refractivity contribution is -0.384. The van der Waals surface area contributed by atoms with E-state index in [0.717, 1.165) is 0 Å². The van der Waals surface area contributed by atoms with Gasteiger partial charge in [0.25, 0.3) is 0 Å². The van der Waals surface area contributed by atoms with Crippen LogP contribution in [0.25, 0.3) is 0 Å². The SMILES string of the molecule is Nc1c(C(=O)c2cccc(Cl)c2)ccc(Br)c1[N+](=O)[O-]. The molecule has 0 saturated heterocycles. The zero-order valence-electron chi connectivity index (χ0n) is 9.97. The summed E-state index contributed by atoms with van der Waals surface area (Å²) in [6, 6.07) is 9.17. The number of ketones is 1. The molecule has 0 saturated carbocycles. The van der Waals surface area contributed by atoms with Gasteiger partial charge in [0.1, 0.15) is 5.69 Å². The van der Waals surface area contributed by atoms with Crippen LogP contribution in [0.4, 0.5) is 11.4 Å². The first-order valence-electron chi connectivity index (χ1n) is 5.44. The zero-order valence-corrected chi connectivity index (χ0v) is 12.3. The maximum absolute atomic E-state index is 12.3. The second-order valence-corrected chi connectivity index (χ2v) is 5.24. The molecular weight excluding hydrogens is 348 g/mol. The third-order valence-corrected chi connectivity index (χ3v) is 3.56. The van der Waals surface area contributed by atoms with Crippen LogP contribution in [-0.2, 0) is 0 Å². The molecule has 2 aromatic carbocycles. The van der Waals surface area contributed by atoms with Gasteiger partial charge in [0.05, 0.1) is 15.0 Å². The molecule has 20 heavy (non-hydrogen) atoms. The number of benzene rings is 2. The lowest BCUT2D eigenvalue weighted by atomic mass is 10.0. The van der Waals surface area contributed by atoms with E-state index in [0.29, 0.717) is 10.6 Å². The molecule has 0 amide bonds. The Morgan fingerprint density at radius 3 is 2.60 bits per heavy atom. The maximum atomic E-state index is 12.3. The number of rotatable bonds is 3. The zero-order chi connectivity index (χ0) is 14.9. The van der Waals surface area contributed by atoms with Gasteiger partial charge in [0.2, 0.25) is 0 Å². The molecule has 0 unspecified atom stereocenters. The highest BCUT2D eigenvalue weighted by Crippen LogP contribution is 2.34. The lowest BCUT2D eigenvalue weighted by Crippen LogP contribution is -2.08. The lowest BCUT2D eigenvalue weighted by Gasteiger charge is -2.07. The van der Waals surface area contributed by atoms with E-state index in [2.05, 4.69) is 15.9 Å². The summed E-state index contributed by atoms with van der Waals surface area (Å²) < 4.78 is 0.225. The van der Waals surface area contributed by atoms with Crippen molar-refractivity contribution in [1.29, 1.82) is 0 Å². The summed E-state index contributed by atoms with van der Waals surface area (Å²) in [5, 5.41) is 11.4. The van der Waals surface area contributed by atoms with Gasteiger partial charge in [-0.3, -0.25) is 14.9 Å². The van der Waals surface area contributed by atoms with Crippen molar-refractivity contribution < 1.29 is 9.72 Å². The highest BCUT2D eigenvalue weighted by Gasteiger charge is 2.23. The third-order valence-electron chi connectivity index (χ3n) is 2.68. The van der Waals surface area contributed by atoms with Crippen LogP contribution in [-0.4, -0.2) is 10.7 Å². The van der Waals surface area contributed by atoms with Gasteiger partial charge in [-0.1, -0.05) is 23.7 Å². The third kappa shape index (κ3) is 2.66. The largest absolute Gasteiger partial charge is 0.393 e. The van der Waals surface area contributed by atoms with E-state index in [-0.39, 0.29) is 21.4 Å². The molecule has 2 N–H and O–H groups in total. The normalized spacial score (nSPS) is 10.3. The summed E-state index contributed by atoms with van der Waals surface area (Å²) in [4.78, 5) is 22.7. The standard InChI is InChI=1S/C13H8BrClN2O3/c14-10-5-4-9(11(16)12(10)17(19)20)13(18)7-2-1-3-8(15)6-7/h1-6H,16H2. The fourth-order valence-electron chi connectivity index (χ4n) is 1.75. The fourth-order valence-corrected chi connectivity index (χ4v) is 2.43. The van der Waals surface area contributed by atoms with Gasteiger partial charge >= 0.3 is 5.69 Å². The summed E-state index contributed by atoms with van der Waals surface area (Å²) in [5.41, 5.74) is 5.63. The molecule has 0 aliphatic rings. The minimum absolute atomic E-state index is 0.0715. The number of nitrogens with two attached hydrogens (primary N) is 1. The van der Waals surface area contributed by atoms with Crippen LogP contribution in [0.1, 0.15) is 15.9 Å². The maximum Gasteiger partial charge on any atom is 0.306 e. The van der Waals surface area contributed by atoms with Crippen molar-refractivity contribution in [3.8, 4) is 0 Å². The Bertz CT molecular complexity index is 719. The van der Waals surface area contributed by atoms with Gasteiger partial charge < -0.3 is 5.73 Å². The first-order valence-corrected chi connectivity index (χ1v) is 6.61. The van der Waals surface area contributed by atoms with Crippen LogP contribution >= 0.6 is 27.5 Å². The van der Waals surface area contributed by atoms with E-state index in [4.69, 9.17) is 17.3 Å². The average molecular weight is 356 g/mol.